The lowest BCUT2D eigenvalue weighted by molar-refractivity contribution is -0.135. The fourth-order valence-electron chi connectivity index (χ4n) is 3.07. The van der Waals surface area contributed by atoms with E-state index in [1.54, 1.807) is 4.90 Å². The average Bonchev–Trinajstić information content (AvgIpc) is 2.80. The molecular weight excluding hydrogens is 282 g/mol. The number of benzene rings is 1. The molecular formula is C16H19N3O3. The predicted octanol–water partition coefficient (Wildman–Crippen LogP) is 0.820. The monoisotopic (exact) mass is 301 g/mol. The van der Waals surface area contributed by atoms with Gasteiger partial charge in [-0.15, -0.1) is 0 Å². The van der Waals surface area contributed by atoms with E-state index in [-0.39, 0.29) is 11.8 Å². The number of piperidine rings is 1. The number of aryl methyl sites for hydroxylation is 1. The molecule has 0 atom stereocenters. The van der Waals surface area contributed by atoms with Crippen molar-refractivity contribution in [3.8, 4) is 0 Å². The number of urea groups is 1. The van der Waals surface area contributed by atoms with Crippen molar-refractivity contribution >= 4 is 17.8 Å². The normalized spacial score (nSPS) is 19.9. The second-order valence-corrected chi connectivity index (χ2v) is 5.86. The molecule has 0 unspecified atom stereocenters. The summed E-state index contributed by atoms with van der Waals surface area (Å²) in [6, 6.07) is 9.47. The Hall–Kier alpha value is -2.37. The number of hydrogen-bond donors (Lipinski definition) is 2. The summed E-state index contributed by atoms with van der Waals surface area (Å²) in [5.41, 5.74) is 0.333. The maximum atomic E-state index is 12.3. The Labute approximate surface area is 128 Å². The highest BCUT2D eigenvalue weighted by molar-refractivity contribution is 6.07. The van der Waals surface area contributed by atoms with Gasteiger partial charge in [0.05, 0.1) is 0 Å². The minimum absolute atomic E-state index is 0.100. The van der Waals surface area contributed by atoms with E-state index in [2.05, 4.69) is 10.6 Å². The van der Waals surface area contributed by atoms with Gasteiger partial charge in [-0.25, -0.2) is 4.79 Å². The third kappa shape index (κ3) is 2.81. The van der Waals surface area contributed by atoms with Crippen molar-refractivity contribution in [1.29, 1.82) is 0 Å². The Balaban J connectivity index is 1.52. The number of carbonyl (C=O) groups is 3. The van der Waals surface area contributed by atoms with Crippen LogP contribution in [0, 0.1) is 0 Å². The van der Waals surface area contributed by atoms with Crippen LogP contribution in [0.1, 0.15) is 24.8 Å². The van der Waals surface area contributed by atoms with E-state index < -0.39 is 11.6 Å². The highest BCUT2D eigenvalue weighted by Gasteiger charge is 2.48. The topological polar surface area (TPSA) is 78.5 Å². The maximum Gasteiger partial charge on any atom is 0.322 e. The van der Waals surface area contributed by atoms with Crippen LogP contribution in [0.5, 0.6) is 0 Å². The quantitative estimate of drug-likeness (QED) is 0.811. The van der Waals surface area contributed by atoms with Crippen molar-refractivity contribution in [2.45, 2.75) is 31.2 Å². The molecule has 22 heavy (non-hydrogen) atoms. The number of nitrogens with zero attached hydrogens (tertiary/aromatic N) is 1. The highest BCUT2D eigenvalue weighted by atomic mass is 16.2. The smallest absolute Gasteiger partial charge is 0.322 e. The van der Waals surface area contributed by atoms with E-state index in [9.17, 15) is 14.4 Å². The summed E-state index contributed by atoms with van der Waals surface area (Å²) in [5.74, 6) is -0.169. The molecule has 0 bridgehead atoms. The Morgan fingerprint density at radius 3 is 2.41 bits per heavy atom. The van der Waals surface area contributed by atoms with E-state index in [4.69, 9.17) is 0 Å². The van der Waals surface area contributed by atoms with E-state index in [0.717, 1.165) is 12.0 Å². The van der Waals surface area contributed by atoms with Gasteiger partial charge in [-0.05, 0) is 24.8 Å². The molecule has 4 amide bonds. The number of hydrogen-bond acceptors (Lipinski definition) is 3. The van der Waals surface area contributed by atoms with Gasteiger partial charge in [0, 0.05) is 19.5 Å². The van der Waals surface area contributed by atoms with Crippen LogP contribution in [0.4, 0.5) is 4.79 Å². The van der Waals surface area contributed by atoms with Gasteiger partial charge in [0.25, 0.3) is 5.91 Å². The standard InChI is InChI=1S/C16H19N3O3/c20-13(7-6-12-4-2-1-3-5-12)19-10-8-16(9-11-19)14(21)17-15(22)18-16/h1-5H,6-11H2,(H2,17,18,21,22). The minimum atomic E-state index is -0.812. The maximum absolute atomic E-state index is 12.3. The van der Waals surface area contributed by atoms with E-state index in [1.165, 1.54) is 0 Å². The van der Waals surface area contributed by atoms with Crippen molar-refractivity contribution < 1.29 is 14.4 Å². The fraction of sp³-hybridized carbons (Fsp3) is 0.438. The Kier molecular flexibility index (Phi) is 3.83. The summed E-state index contributed by atoms with van der Waals surface area (Å²) < 4.78 is 0. The third-order valence-corrected chi connectivity index (χ3v) is 4.45. The molecule has 2 saturated heterocycles. The fourth-order valence-corrected chi connectivity index (χ4v) is 3.07. The molecule has 2 N–H and O–H groups in total. The molecule has 1 aromatic carbocycles. The van der Waals surface area contributed by atoms with Crippen molar-refractivity contribution in [3.05, 3.63) is 35.9 Å². The van der Waals surface area contributed by atoms with Crippen LogP contribution >= 0.6 is 0 Å². The first-order valence-electron chi connectivity index (χ1n) is 7.54. The molecule has 2 aliphatic heterocycles. The molecule has 0 saturated carbocycles. The van der Waals surface area contributed by atoms with Crippen LogP contribution < -0.4 is 10.6 Å². The summed E-state index contributed by atoms with van der Waals surface area (Å²) in [6.07, 6.45) is 2.14. The predicted molar refractivity (Wildman–Crippen MR) is 80.0 cm³/mol. The van der Waals surface area contributed by atoms with Crippen LogP contribution in [-0.4, -0.2) is 41.4 Å². The van der Waals surface area contributed by atoms with Crippen LogP contribution in [-0.2, 0) is 16.0 Å². The van der Waals surface area contributed by atoms with Gasteiger partial charge in [-0.2, -0.15) is 0 Å². The Morgan fingerprint density at radius 1 is 1.14 bits per heavy atom. The first kappa shape index (κ1) is 14.6. The SMILES string of the molecule is O=C1NC(=O)C2(CCN(C(=O)CCc3ccccc3)CC2)N1. The molecule has 2 heterocycles. The molecule has 0 aromatic heterocycles. The molecule has 116 valence electrons. The van der Waals surface area contributed by atoms with Crippen LogP contribution in [0.15, 0.2) is 30.3 Å². The lowest BCUT2D eigenvalue weighted by Crippen LogP contribution is -2.55. The van der Waals surface area contributed by atoms with Crippen molar-refractivity contribution in [2.24, 2.45) is 0 Å². The van der Waals surface area contributed by atoms with Crippen LogP contribution in [0.25, 0.3) is 0 Å². The van der Waals surface area contributed by atoms with Gasteiger partial charge in [0.1, 0.15) is 5.54 Å². The number of imide groups is 1. The molecule has 3 rings (SSSR count). The first-order chi connectivity index (χ1) is 10.6. The second kappa shape index (κ2) is 5.79. The van der Waals surface area contributed by atoms with Gasteiger partial charge in [0.15, 0.2) is 0 Å². The summed E-state index contributed by atoms with van der Waals surface area (Å²) in [7, 11) is 0. The first-order valence-corrected chi connectivity index (χ1v) is 7.54. The molecule has 0 radical (unpaired) electrons. The third-order valence-electron chi connectivity index (χ3n) is 4.45. The Morgan fingerprint density at radius 2 is 1.82 bits per heavy atom. The van der Waals surface area contributed by atoms with Crippen molar-refractivity contribution in [1.82, 2.24) is 15.5 Å². The van der Waals surface area contributed by atoms with Gasteiger partial charge >= 0.3 is 6.03 Å². The van der Waals surface area contributed by atoms with Gasteiger partial charge in [0.2, 0.25) is 5.91 Å². The summed E-state index contributed by atoms with van der Waals surface area (Å²) in [6.45, 7) is 1.00. The molecule has 6 nitrogen and oxygen atoms in total. The zero-order valence-electron chi connectivity index (χ0n) is 12.3. The van der Waals surface area contributed by atoms with Crippen LogP contribution in [0.2, 0.25) is 0 Å². The largest absolute Gasteiger partial charge is 0.342 e. The number of rotatable bonds is 3. The second-order valence-electron chi connectivity index (χ2n) is 5.86. The van der Waals surface area contributed by atoms with Crippen molar-refractivity contribution in [2.75, 3.05) is 13.1 Å². The van der Waals surface area contributed by atoms with Gasteiger partial charge in [-0.3, -0.25) is 14.9 Å². The summed E-state index contributed by atoms with van der Waals surface area (Å²) in [5, 5.41) is 4.97. The van der Waals surface area contributed by atoms with Crippen LogP contribution in [0.3, 0.4) is 0 Å². The molecule has 6 heteroatoms. The number of nitrogens with one attached hydrogen (secondary N) is 2. The zero-order chi connectivity index (χ0) is 15.6. The molecule has 2 fully saturated rings. The summed E-state index contributed by atoms with van der Waals surface area (Å²) >= 11 is 0. The zero-order valence-corrected chi connectivity index (χ0v) is 12.3. The van der Waals surface area contributed by atoms with Gasteiger partial charge in [-0.1, -0.05) is 30.3 Å². The highest BCUT2D eigenvalue weighted by Crippen LogP contribution is 2.25. The number of carbonyl (C=O) groups excluding carboxylic acids is 3. The molecule has 1 aromatic rings. The molecule has 1 spiro atoms. The Bertz CT molecular complexity index is 592. The lowest BCUT2D eigenvalue weighted by Gasteiger charge is -2.37. The van der Waals surface area contributed by atoms with Crippen molar-refractivity contribution in [3.63, 3.8) is 0 Å². The minimum Gasteiger partial charge on any atom is -0.342 e. The average molecular weight is 301 g/mol. The van der Waals surface area contributed by atoms with E-state index >= 15 is 0 Å². The molecule has 2 aliphatic rings. The van der Waals surface area contributed by atoms with E-state index in [0.29, 0.717) is 32.4 Å². The molecule has 0 aliphatic carbocycles. The van der Waals surface area contributed by atoms with Gasteiger partial charge < -0.3 is 10.2 Å². The lowest BCUT2D eigenvalue weighted by atomic mass is 9.87. The number of likely N-dealkylation sites (tertiary alicyclic amines) is 1. The summed E-state index contributed by atoms with van der Waals surface area (Å²) in [4.78, 5) is 37.2. The number of amides is 4. The van der Waals surface area contributed by atoms with E-state index in [1.807, 2.05) is 30.3 Å².